The van der Waals surface area contributed by atoms with Gasteiger partial charge in [0.2, 0.25) is 5.91 Å². The number of hydrogen-bond acceptors (Lipinski definition) is 2. The van der Waals surface area contributed by atoms with Crippen LogP contribution in [0.2, 0.25) is 0 Å². The molecule has 0 aromatic heterocycles. The summed E-state index contributed by atoms with van der Waals surface area (Å²) in [7, 11) is 0. The highest BCUT2D eigenvalue weighted by molar-refractivity contribution is 5.85. The number of nitrogens with two attached hydrogens (primary N) is 1. The quantitative estimate of drug-likeness (QED) is 0.924. The molecule has 1 amide bonds. The predicted molar refractivity (Wildman–Crippen MR) is 75.7 cm³/mol. The van der Waals surface area contributed by atoms with Crippen LogP contribution < -0.4 is 5.73 Å². The van der Waals surface area contributed by atoms with Crippen molar-refractivity contribution in [2.45, 2.75) is 19.3 Å². The van der Waals surface area contributed by atoms with Crippen LogP contribution in [0, 0.1) is 11.7 Å². The maximum atomic E-state index is 13.0. The number of rotatable bonds is 3. The van der Waals surface area contributed by atoms with E-state index in [0.717, 1.165) is 31.5 Å². The van der Waals surface area contributed by atoms with E-state index in [1.54, 1.807) is 12.1 Å². The van der Waals surface area contributed by atoms with Crippen molar-refractivity contribution in [1.29, 1.82) is 0 Å². The molecule has 0 saturated carbocycles. The van der Waals surface area contributed by atoms with Crippen LogP contribution in [0.25, 0.3) is 0 Å². The first-order valence-corrected chi connectivity index (χ1v) is 6.41. The van der Waals surface area contributed by atoms with Gasteiger partial charge < -0.3 is 10.6 Å². The number of carbonyl (C=O) groups is 1. The van der Waals surface area contributed by atoms with Crippen molar-refractivity contribution in [2.75, 3.05) is 19.6 Å². The molecule has 19 heavy (non-hydrogen) atoms. The van der Waals surface area contributed by atoms with Crippen LogP contribution in [0.15, 0.2) is 24.3 Å². The largest absolute Gasteiger partial charge is 0.342 e. The Labute approximate surface area is 119 Å². The van der Waals surface area contributed by atoms with Crippen molar-refractivity contribution in [3.63, 3.8) is 0 Å². The van der Waals surface area contributed by atoms with Gasteiger partial charge in [0.05, 0.1) is 6.42 Å². The van der Waals surface area contributed by atoms with Gasteiger partial charge in [0, 0.05) is 13.1 Å². The Balaban J connectivity index is 0.00000180. The van der Waals surface area contributed by atoms with Crippen LogP contribution >= 0.6 is 12.4 Å². The van der Waals surface area contributed by atoms with Gasteiger partial charge >= 0.3 is 0 Å². The van der Waals surface area contributed by atoms with Crippen LogP contribution in [-0.4, -0.2) is 30.4 Å². The molecule has 0 aliphatic carbocycles. The molecule has 5 heteroatoms. The zero-order valence-electron chi connectivity index (χ0n) is 10.8. The minimum atomic E-state index is -0.293. The molecular weight excluding hydrogens is 267 g/mol. The van der Waals surface area contributed by atoms with Gasteiger partial charge in [-0.3, -0.25) is 4.79 Å². The second-order valence-electron chi connectivity index (χ2n) is 4.89. The standard InChI is InChI=1S/C14H19FN2O.ClH/c15-13-5-1-3-11(7-13)8-14(18)17-6-2-4-12(9-16)10-17;/h1,3,5,7,12H,2,4,6,8-10,16H2;1H. The molecule has 106 valence electrons. The SMILES string of the molecule is Cl.NCC1CCCN(C(=O)Cc2cccc(F)c2)C1. The lowest BCUT2D eigenvalue weighted by atomic mass is 9.97. The normalized spacial score (nSPS) is 18.8. The fraction of sp³-hybridized carbons (Fsp3) is 0.500. The summed E-state index contributed by atoms with van der Waals surface area (Å²) in [6.45, 7) is 2.17. The first-order chi connectivity index (χ1) is 8.69. The maximum absolute atomic E-state index is 13.0. The summed E-state index contributed by atoms with van der Waals surface area (Å²) in [6.07, 6.45) is 2.38. The molecule has 0 spiro atoms. The van der Waals surface area contributed by atoms with Gasteiger partial charge in [0.15, 0.2) is 0 Å². The number of benzene rings is 1. The average Bonchev–Trinajstić information content (AvgIpc) is 2.39. The van der Waals surface area contributed by atoms with Crippen molar-refractivity contribution >= 4 is 18.3 Å². The minimum Gasteiger partial charge on any atom is -0.342 e. The molecule has 0 bridgehead atoms. The number of amides is 1. The topological polar surface area (TPSA) is 46.3 Å². The van der Waals surface area contributed by atoms with Crippen molar-refractivity contribution in [2.24, 2.45) is 11.7 Å². The summed E-state index contributed by atoms with van der Waals surface area (Å²) in [5, 5.41) is 0. The highest BCUT2D eigenvalue weighted by Crippen LogP contribution is 2.16. The summed E-state index contributed by atoms with van der Waals surface area (Å²) in [5.74, 6) is 0.188. The number of carbonyl (C=O) groups excluding carboxylic acids is 1. The molecule has 2 N–H and O–H groups in total. The van der Waals surface area contributed by atoms with E-state index in [-0.39, 0.29) is 30.6 Å². The summed E-state index contributed by atoms with van der Waals surface area (Å²) in [4.78, 5) is 14.0. The van der Waals surface area contributed by atoms with Crippen molar-refractivity contribution in [3.8, 4) is 0 Å². The molecule has 2 rings (SSSR count). The van der Waals surface area contributed by atoms with E-state index in [1.165, 1.54) is 12.1 Å². The lowest BCUT2D eigenvalue weighted by Crippen LogP contribution is -2.42. The molecule has 0 radical (unpaired) electrons. The van der Waals surface area contributed by atoms with E-state index in [4.69, 9.17) is 5.73 Å². The van der Waals surface area contributed by atoms with E-state index in [0.29, 0.717) is 12.5 Å². The van der Waals surface area contributed by atoms with Crippen molar-refractivity contribution in [3.05, 3.63) is 35.6 Å². The minimum absolute atomic E-state index is 0. The second kappa shape index (κ2) is 7.46. The molecule has 1 atom stereocenters. The van der Waals surface area contributed by atoms with Gasteiger partial charge in [-0.2, -0.15) is 0 Å². The molecule has 1 aromatic carbocycles. The van der Waals surface area contributed by atoms with E-state index < -0.39 is 0 Å². The summed E-state index contributed by atoms with van der Waals surface area (Å²) in [6, 6.07) is 6.23. The third-order valence-corrected chi connectivity index (χ3v) is 3.45. The smallest absolute Gasteiger partial charge is 0.227 e. The highest BCUT2D eigenvalue weighted by Gasteiger charge is 2.22. The van der Waals surface area contributed by atoms with E-state index in [2.05, 4.69) is 0 Å². The number of piperidine rings is 1. The number of halogens is 2. The number of nitrogens with zero attached hydrogens (tertiary/aromatic N) is 1. The summed E-state index contributed by atoms with van der Waals surface area (Å²) < 4.78 is 13.0. The Morgan fingerprint density at radius 3 is 2.95 bits per heavy atom. The third-order valence-electron chi connectivity index (χ3n) is 3.45. The van der Waals surface area contributed by atoms with Crippen LogP contribution in [0.1, 0.15) is 18.4 Å². The van der Waals surface area contributed by atoms with Crippen LogP contribution in [-0.2, 0) is 11.2 Å². The zero-order chi connectivity index (χ0) is 13.0. The van der Waals surface area contributed by atoms with Gasteiger partial charge in [-0.1, -0.05) is 12.1 Å². The third kappa shape index (κ3) is 4.48. The molecule has 1 saturated heterocycles. The van der Waals surface area contributed by atoms with Crippen LogP contribution in [0.3, 0.4) is 0 Å². The van der Waals surface area contributed by atoms with Gasteiger partial charge in [0.1, 0.15) is 5.82 Å². The van der Waals surface area contributed by atoms with Gasteiger partial charge in [-0.05, 0) is 43.0 Å². The van der Waals surface area contributed by atoms with Crippen molar-refractivity contribution in [1.82, 2.24) is 4.90 Å². The monoisotopic (exact) mass is 286 g/mol. The molecular formula is C14H20ClFN2O. The number of hydrogen-bond donors (Lipinski definition) is 1. The Morgan fingerprint density at radius 1 is 1.47 bits per heavy atom. The molecule has 1 aromatic rings. The Kier molecular flexibility index (Phi) is 6.25. The second-order valence-corrected chi connectivity index (χ2v) is 4.89. The average molecular weight is 287 g/mol. The fourth-order valence-electron chi connectivity index (χ4n) is 2.42. The number of likely N-dealkylation sites (tertiary alicyclic amines) is 1. The molecule has 1 heterocycles. The maximum Gasteiger partial charge on any atom is 0.227 e. The summed E-state index contributed by atoms with van der Waals surface area (Å²) >= 11 is 0. The Bertz CT molecular complexity index is 428. The van der Waals surface area contributed by atoms with Crippen LogP contribution in [0.4, 0.5) is 4.39 Å². The van der Waals surface area contributed by atoms with E-state index in [9.17, 15) is 9.18 Å². The molecule has 1 fully saturated rings. The predicted octanol–water partition coefficient (Wildman–Crippen LogP) is 1.99. The highest BCUT2D eigenvalue weighted by atomic mass is 35.5. The Morgan fingerprint density at radius 2 is 2.26 bits per heavy atom. The molecule has 3 nitrogen and oxygen atoms in total. The Hall–Kier alpha value is -1.13. The van der Waals surface area contributed by atoms with Gasteiger partial charge in [0.25, 0.3) is 0 Å². The van der Waals surface area contributed by atoms with Crippen LogP contribution in [0.5, 0.6) is 0 Å². The van der Waals surface area contributed by atoms with Crippen molar-refractivity contribution < 1.29 is 9.18 Å². The molecule has 1 aliphatic rings. The summed E-state index contributed by atoms with van der Waals surface area (Å²) in [5.41, 5.74) is 6.38. The first kappa shape index (κ1) is 15.9. The lowest BCUT2D eigenvalue weighted by Gasteiger charge is -2.32. The fourth-order valence-corrected chi connectivity index (χ4v) is 2.42. The first-order valence-electron chi connectivity index (χ1n) is 6.41. The van der Waals surface area contributed by atoms with Gasteiger partial charge in [-0.25, -0.2) is 4.39 Å². The zero-order valence-corrected chi connectivity index (χ0v) is 11.7. The lowest BCUT2D eigenvalue weighted by molar-refractivity contribution is -0.132. The molecule has 1 unspecified atom stereocenters. The van der Waals surface area contributed by atoms with Gasteiger partial charge in [-0.15, -0.1) is 12.4 Å². The van der Waals surface area contributed by atoms with E-state index in [1.807, 2.05) is 4.90 Å². The molecule has 1 aliphatic heterocycles. The van der Waals surface area contributed by atoms with E-state index >= 15 is 0 Å².